The van der Waals surface area contributed by atoms with E-state index in [-0.39, 0.29) is 0 Å². The highest BCUT2D eigenvalue weighted by molar-refractivity contribution is 5.26. The average molecular weight is 219 g/mol. The van der Waals surface area contributed by atoms with Crippen molar-refractivity contribution in [2.45, 2.75) is 38.2 Å². The van der Waals surface area contributed by atoms with E-state index < -0.39 is 0 Å². The first-order chi connectivity index (χ1) is 7.81. The molecule has 0 aromatic heterocycles. The summed E-state index contributed by atoms with van der Waals surface area (Å²) in [7, 11) is 0. The van der Waals surface area contributed by atoms with E-state index in [1.165, 1.54) is 17.5 Å². The maximum atomic E-state index is 5.67. The molecular weight excluding hydrogens is 198 g/mol. The third kappa shape index (κ3) is 2.63. The Kier molecular flexibility index (Phi) is 3.97. The van der Waals surface area contributed by atoms with Gasteiger partial charge in [-0.2, -0.15) is 0 Å². The molecule has 1 heterocycles. The van der Waals surface area contributed by atoms with Gasteiger partial charge in [-0.3, -0.25) is 0 Å². The molecule has 0 aliphatic carbocycles. The van der Waals surface area contributed by atoms with Crippen LogP contribution in [0.3, 0.4) is 0 Å². The summed E-state index contributed by atoms with van der Waals surface area (Å²) in [5, 5.41) is 0. The quantitative estimate of drug-likeness (QED) is 0.845. The molecular formula is C14H21NO. The molecule has 2 unspecified atom stereocenters. The van der Waals surface area contributed by atoms with Crippen LogP contribution in [-0.4, -0.2) is 13.2 Å². The highest BCUT2D eigenvalue weighted by Crippen LogP contribution is 2.29. The van der Waals surface area contributed by atoms with Gasteiger partial charge in [-0.05, 0) is 42.9 Å². The minimum atomic E-state index is 0.332. The summed E-state index contributed by atoms with van der Waals surface area (Å²) in [5.74, 6) is 0.559. The van der Waals surface area contributed by atoms with Gasteiger partial charge in [0, 0.05) is 6.61 Å². The maximum absolute atomic E-state index is 5.67. The summed E-state index contributed by atoms with van der Waals surface area (Å²) < 4.78 is 5.67. The Morgan fingerprint density at radius 2 is 2.12 bits per heavy atom. The van der Waals surface area contributed by atoms with Gasteiger partial charge in [-0.1, -0.05) is 31.2 Å². The van der Waals surface area contributed by atoms with Gasteiger partial charge in [-0.25, -0.2) is 0 Å². The van der Waals surface area contributed by atoms with Crippen molar-refractivity contribution < 1.29 is 4.74 Å². The second-order valence-electron chi connectivity index (χ2n) is 4.65. The molecule has 2 nitrogen and oxygen atoms in total. The van der Waals surface area contributed by atoms with Crippen LogP contribution in [-0.2, 0) is 4.74 Å². The fraction of sp³-hybridized carbons (Fsp3) is 0.571. The summed E-state index contributed by atoms with van der Waals surface area (Å²) in [5.41, 5.74) is 8.28. The first kappa shape index (κ1) is 11.6. The molecule has 0 radical (unpaired) electrons. The van der Waals surface area contributed by atoms with Crippen molar-refractivity contribution in [3.05, 3.63) is 35.4 Å². The molecule has 0 amide bonds. The topological polar surface area (TPSA) is 35.2 Å². The largest absolute Gasteiger partial charge is 0.374 e. The van der Waals surface area contributed by atoms with Gasteiger partial charge in [0.05, 0.1) is 6.10 Å². The molecule has 1 aliphatic rings. The number of nitrogens with two attached hydrogens (primary N) is 1. The molecule has 1 aromatic carbocycles. The van der Waals surface area contributed by atoms with Crippen LogP contribution in [0.25, 0.3) is 0 Å². The smallest absolute Gasteiger partial charge is 0.0825 e. The predicted octanol–water partition coefficient (Wildman–Crippen LogP) is 2.99. The van der Waals surface area contributed by atoms with E-state index in [1.807, 2.05) is 0 Å². The van der Waals surface area contributed by atoms with E-state index in [1.54, 1.807) is 0 Å². The normalized spacial score (nSPS) is 22.2. The molecule has 2 N–H and O–H groups in total. The van der Waals surface area contributed by atoms with Crippen molar-refractivity contribution in [2.24, 2.45) is 5.73 Å². The van der Waals surface area contributed by atoms with Crippen LogP contribution in [0.5, 0.6) is 0 Å². The highest BCUT2D eigenvalue weighted by atomic mass is 16.5. The number of rotatable bonds is 4. The minimum Gasteiger partial charge on any atom is -0.374 e. The Bertz CT molecular complexity index is 314. The fourth-order valence-corrected chi connectivity index (χ4v) is 2.30. The van der Waals surface area contributed by atoms with Crippen LogP contribution in [0.15, 0.2) is 24.3 Å². The van der Waals surface area contributed by atoms with Gasteiger partial charge in [0.1, 0.15) is 0 Å². The maximum Gasteiger partial charge on any atom is 0.0825 e. The first-order valence-electron chi connectivity index (χ1n) is 6.23. The molecule has 1 aromatic rings. The van der Waals surface area contributed by atoms with E-state index in [4.69, 9.17) is 10.5 Å². The molecule has 2 heteroatoms. The lowest BCUT2D eigenvalue weighted by atomic mass is 9.95. The van der Waals surface area contributed by atoms with Crippen LogP contribution < -0.4 is 5.73 Å². The van der Waals surface area contributed by atoms with Crippen molar-refractivity contribution in [2.75, 3.05) is 13.2 Å². The standard InChI is InChI=1S/C14H21NO/c1-11(8-9-15)12-4-6-13(7-5-12)14-3-2-10-16-14/h4-7,11,14H,2-3,8-10,15H2,1H3. The van der Waals surface area contributed by atoms with Gasteiger partial charge in [-0.15, -0.1) is 0 Å². The number of hydrogen-bond donors (Lipinski definition) is 1. The van der Waals surface area contributed by atoms with Crippen LogP contribution in [0.2, 0.25) is 0 Å². The Morgan fingerprint density at radius 1 is 1.38 bits per heavy atom. The summed E-state index contributed by atoms with van der Waals surface area (Å²) in [6.45, 7) is 3.90. The Morgan fingerprint density at radius 3 is 2.69 bits per heavy atom. The van der Waals surface area contributed by atoms with Crippen LogP contribution in [0.1, 0.15) is 49.3 Å². The first-order valence-corrected chi connectivity index (χ1v) is 6.23. The van der Waals surface area contributed by atoms with E-state index >= 15 is 0 Å². The number of benzene rings is 1. The van der Waals surface area contributed by atoms with Crippen LogP contribution >= 0.6 is 0 Å². The molecule has 1 saturated heterocycles. The molecule has 88 valence electrons. The van der Waals surface area contributed by atoms with Crippen LogP contribution in [0.4, 0.5) is 0 Å². The molecule has 2 atom stereocenters. The van der Waals surface area contributed by atoms with Gasteiger partial charge < -0.3 is 10.5 Å². The van der Waals surface area contributed by atoms with Gasteiger partial charge in [0.2, 0.25) is 0 Å². The molecule has 0 saturated carbocycles. The van der Waals surface area contributed by atoms with Crippen LogP contribution in [0, 0.1) is 0 Å². The lowest BCUT2D eigenvalue weighted by Crippen LogP contribution is -2.04. The molecule has 16 heavy (non-hydrogen) atoms. The van der Waals surface area contributed by atoms with E-state index in [0.29, 0.717) is 12.0 Å². The van der Waals surface area contributed by atoms with E-state index in [2.05, 4.69) is 31.2 Å². The van der Waals surface area contributed by atoms with E-state index in [0.717, 1.165) is 26.0 Å². The second-order valence-corrected chi connectivity index (χ2v) is 4.65. The zero-order valence-electron chi connectivity index (χ0n) is 9.99. The third-order valence-corrected chi connectivity index (χ3v) is 3.41. The summed E-state index contributed by atoms with van der Waals surface area (Å²) in [6.07, 6.45) is 3.74. The van der Waals surface area contributed by atoms with Crippen molar-refractivity contribution in [1.29, 1.82) is 0 Å². The third-order valence-electron chi connectivity index (χ3n) is 3.41. The van der Waals surface area contributed by atoms with Gasteiger partial charge in [0.25, 0.3) is 0 Å². The summed E-state index contributed by atoms with van der Waals surface area (Å²) in [6, 6.07) is 8.85. The van der Waals surface area contributed by atoms with Crippen molar-refractivity contribution >= 4 is 0 Å². The lowest BCUT2D eigenvalue weighted by molar-refractivity contribution is 0.112. The Labute approximate surface area is 97.8 Å². The molecule has 1 fully saturated rings. The van der Waals surface area contributed by atoms with Gasteiger partial charge >= 0.3 is 0 Å². The predicted molar refractivity (Wildman–Crippen MR) is 66.5 cm³/mol. The Balaban J connectivity index is 2.03. The van der Waals surface area contributed by atoms with E-state index in [9.17, 15) is 0 Å². The zero-order valence-corrected chi connectivity index (χ0v) is 9.99. The monoisotopic (exact) mass is 219 g/mol. The minimum absolute atomic E-state index is 0.332. The summed E-state index contributed by atoms with van der Waals surface area (Å²) in [4.78, 5) is 0. The van der Waals surface area contributed by atoms with Crippen molar-refractivity contribution in [1.82, 2.24) is 0 Å². The average Bonchev–Trinajstić information content (AvgIpc) is 2.83. The van der Waals surface area contributed by atoms with Crippen molar-refractivity contribution in [3.63, 3.8) is 0 Å². The fourth-order valence-electron chi connectivity index (χ4n) is 2.30. The lowest BCUT2D eigenvalue weighted by Gasteiger charge is -2.13. The Hall–Kier alpha value is -0.860. The highest BCUT2D eigenvalue weighted by Gasteiger charge is 2.17. The molecule has 1 aliphatic heterocycles. The zero-order chi connectivity index (χ0) is 11.4. The number of ether oxygens (including phenoxy) is 1. The van der Waals surface area contributed by atoms with Gasteiger partial charge in [0.15, 0.2) is 0 Å². The SMILES string of the molecule is CC(CCN)c1ccc(C2CCCO2)cc1. The second kappa shape index (κ2) is 5.46. The molecule has 0 bridgehead atoms. The summed E-state index contributed by atoms with van der Waals surface area (Å²) >= 11 is 0. The number of hydrogen-bond acceptors (Lipinski definition) is 2. The molecule has 0 spiro atoms. The van der Waals surface area contributed by atoms with Crippen molar-refractivity contribution in [3.8, 4) is 0 Å². The molecule has 2 rings (SSSR count).